The van der Waals surface area contributed by atoms with Crippen molar-refractivity contribution in [2.45, 2.75) is 44.6 Å². The van der Waals surface area contributed by atoms with E-state index in [1.54, 1.807) is 36.4 Å². The first-order chi connectivity index (χ1) is 14.9. The average molecular weight is 452 g/mol. The van der Waals surface area contributed by atoms with Crippen LogP contribution in [0.5, 0.6) is 11.5 Å². The Balaban J connectivity index is 2.69. The summed E-state index contributed by atoms with van der Waals surface area (Å²) in [6.45, 7) is 9.99. The van der Waals surface area contributed by atoms with Crippen molar-refractivity contribution in [1.82, 2.24) is 0 Å². The van der Waals surface area contributed by atoms with E-state index < -0.39 is 17.9 Å². The minimum absolute atomic E-state index is 0.0524. The van der Waals surface area contributed by atoms with E-state index in [2.05, 4.69) is 17.9 Å². The van der Waals surface area contributed by atoms with Gasteiger partial charge in [-0.2, -0.15) is 8.78 Å². The van der Waals surface area contributed by atoms with Gasteiger partial charge in [0.05, 0.1) is 0 Å². The Kier molecular flexibility index (Phi) is 7.88. The van der Waals surface area contributed by atoms with Crippen LogP contribution in [0.3, 0.4) is 0 Å². The Hall–Kier alpha value is -3.09. The molecule has 2 nitrogen and oxygen atoms in total. The molecule has 0 aliphatic rings. The molecule has 0 heterocycles. The standard InChI is InChI=1S/C25H25F5O2/c1-5-10-18(6-2)17-24(7-3,19-11-8-13-21(15-19)31-23(4,26)27)20-12-9-14-22(16-20)32-25(28,29)30/h5-6,8-16H,1-2,7,17H2,3-4H3/b18-10+. The number of hydrogen-bond acceptors (Lipinski definition) is 2. The summed E-state index contributed by atoms with van der Waals surface area (Å²) in [7, 11) is 0. The first kappa shape index (κ1) is 25.2. The fourth-order valence-electron chi connectivity index (χ4n) is 3.66. The summed E-state index contributed by atoms with van der Waals surface area (Å²) < 4.78 is 74.1. The van der Waals surface area contributed by atoms with Crippen molar-refractivity contribution >= 4 is 0 Å². The monoisotopic (exact) mass is 452 g/mol. The van der Waals surface area contributed by atoms with Gasteiger partial charge in [-0.15, -0.1) is 13.2 Å². The molecule has 0 aromatic heterocycles. The predicted octanol–water partition coefficient (Wildman–Crippen LogP) is 7.96. The van der Waals surface area contributed by atoms with Crippen molar-refractivity contribution in [3.8, 4) is 11.5 Å². The quantitative estimate of drug-likeness (QED) is 0.269. The van der Waals surface area contributed by atoms with Crippen LogP contribution < -0.4 is 9.47 Å². The molecule has 7 heteroatoms. The van der Waals surface area contributed by atoms with Gasteiger partial charge in [0.1, 0.15) is 11.5 Å². The summed E-state index contributed by atoms with van der Waals surface area (Å²) in [6.07, 6.45) is -2.50. The number of halogens is 5. The number of benzene rings is 2. The summed E-state index contributed by atoms with van der Waals surface area (Å²) in [6, 6.07) is 11.9. The van der Waals surface area contributed by atoms with Crippen LogP contribution in [0, 0.1) is 0 Å². The van der Waals surface area contributed by atoms with E-state index in [0.29, 0.717) is 30.9 Å². The van der Waals surface area contributed by atoms with E-state index in [9.17, 15) is 22.0 Å². The van der Waals surface area contributed by atoms with Gasteiger partial charge < -0.3 is 9.47 Å². The molecule has 32 heavy (non-hydrogen) atoms. The molecule has 2 aromatic rings. The van der Waals surface area contributed by atoms with Gasteiger partial charge in [-0.25, -0.2) is 0 Å². The highest BCUT2D eigenvalue weighted by Crippen LogP contribution is 2.44. The predicted molar refractivity (Wildman–Crippen MR) is 115 cm³/mol. The van der Waals surface area contributed by atoms with Crippen LogP contribution >= 0.6 is 0 Å². The van der Waals surface area contributed by atoms with Crippen LogP contribution in [-0.4, -0.2) is 12.5 Å². The van der Waals surface area contributed by atoms with Crippen molar-refractivity contribution in [3.63, 3.8) is 0 Å². The Morgan fingerprint density at radius 1 is 0.906 bits per heavy atom. The minimum atomic E-state index is -4.84. The molecule has 0 amide bonds. The fourth-order valence-corrected chi connectivity index (χ4v) is 3.66. The first-order valence-corrected chi connectivity index (χ1v) is 9.90. The van der Waals surface area contributed by atoms with Gasteiger partial charge in [-0.1, -0.05) is 62.6 Å². The van der Waals surface area contributed by atoms with E-state index in [1.807, 2.05) is 6.92 Å². The average Bonchev–Trinajstić information content (AvgIpc) is 2.69. The van der Waals surface area contributed by atoms with Gasteiger partial charge in [0, 0.05) is 12.3 Å². The molecule has 0 saturated heterocycles. The molecule has 0 N–H and O–H groups in total. The summed E-state index contributed by atoms with van der Waals surface area (Å²) in [5, 5.41) is 0. The lowest BCUT2D eigenvalue weighted by molar-refractivity contribution is -0.274. The van der Waals surface area contributed by atoms with Crippen LogP contribution in [0.4, 0.5) is 22.0 Å². The summed E-state index contributed by atoms with van der Waals surface area (Å²) >= 11 is 0. The zero-order valence-corrected chi connectivity index (χ0v) is 17.9. The molecule has 1 atom stereocenters. The molecular formula is C25H25F5O2. The SMILES string of the molecule is C=C/C=C(\C=C)CC(CC)(c1cccc(OC(C)(F)F)c1)c1cccc(OC(F)(F)F)c1. The van der Waals surface area contributed by atoms with Crippen molar-refractivity contribution < 1.29 is 31.4 Å². The normalized spacial score (nSPS) is 14.4. The number of allylic oxidation sites excluding steroid dienone is 4. The highest BCUT2D eigenvalue weighted by molar-refractivity contribution is 5.47. The van der Waals surface area contributed by atoms with Gasteiger partial charge in [0.25, 0.3) is 0 Å². The molecular weight excluding hydrogens is 427 g/mol. The van der Waals surface area contributed by atoms with Crippen LogP contribution in [0.15, 0.2) is 85.5 Å². The Labute approximate surface area is 184 Å². The summed E-state index contributed by atoms with van der Waals surface area (Å²) in [4.78, 5) is 0. The highest BCUT2D eigenvalue weighted by Gasteiger charge is 2.36. The number of rotatable bonds is 10. The van der Waals surface area contributed by atoms with Crippen LogP contribution in [0.25, 0.3) is 0 Å². The lowest BCUT2D eigenvalue weighted by atomic mass is 9.68. The van der Waals surface area contributed by atoms with Crippen LogP contribution in [-0.2, 0) is 5.41 Å². The van der Waals surface area contributed by atoms with Crippen LogP contribution in [0.2, 0.25) is 0 Å². The highest BCUT2D eigenvalue weighted by atomic mass is 19.4. The molecule has 0 aliphatic carbocycles. The zero-order chi connectivity index (χ0) is 24.0. The first-order valence-electron chi connectivity index (χ1n) is 9.90. The lowest BCUT2D eigenvalue weighted by Crippen LogP contribution is -2.28. The minimum Gasteiger partial charge on any atom is -0.433 e. The summed E-state index contributed by atoms with van der Waals surface area (Å²) in [5.74, 6) is -0.420. The van der Waals surface area contributed by atoms with Crippen LogP contribution in [0.1, 0.15) is 37.8 Å². The van der Waals surface area contributed by atoms with Gasteiger partial charge in [-0.3, -0.25) is 0 Å². The van der Waals surface area contributed by atoms with E-state index in [4.69, 9.17) is 4.74 Å². The Morgan fingerprint density at radius 2 is 1.44 bits per heavy atom. The molecule has 1 unspecified atom stereocenters. The lowest BCUT2D eigenvalue weighted by Gasteiger charge is -2.35. The second-order valence-electron chi connectivity index (χ2n) is 7.31. The molecule has 0 saturated carbocycles. The van der Waals surface area contributed by atoms with Gasteiger partial charge in [0.15, 0.2) is 0 Å². The number of alkyl halides is 5. The second kappa shape index (κ2) is 10.0. The molecule has 0 aliphatic heterocycles. The Morgan fingerprint density at radius 3 is 1.84 bits per heavy atom. The molecule has 0 bridgehead atoms. The maximum atomic E-state index is 13.4. The molecule has 2 aromatic carbocycles. The third kappa shape index (κ3) is 6.70. The molecule has 172 valence electrons. The third-order valence-corrected chi connectivity index (χ3v) is 5.01. The van der Waals surface area contributed by atoms with E-state index in [-0.39, 0.29) is 11.5 Å². The summed E-state index contributed by atoms with van der Waals surface area (Å²) in [5.41, 5.74) is 1.02. The molecule has 0 radical (unpaired) electrons. The maximum Gasteiger partial charge on any atom is 0.573 e. The number of hydrogen-bond donors (Lipinski definition) is 0. The molecule has 0 fully saturated rings. The van der Waals surface area contributed by atoms with Crippen molar-refractivity contribution in [1.29, 1.82) is 0 Å². The van der Waals surface area contributed by atoms with E-state index in [1.165, 1.54) is 30.3 Å². The van der Waals surface area contributed by atoms with E-state index >= 15 is 0 Å². The second-order valence-corrected chi connectivity index (χ2v) is 7.31. The third-order valence-electron chi connectivity index (χ3n) is 5.01. The van der Waals surface area contributed by atoms with Gasteiger partial charge in [-0.05, 0) is 53.8 Å². The number of ether oxygens (including phenoxy) is 2. The molecule has 2 rings (SSSR count). The van der Waals surface area contributed by atoms with Gasteiger partial charge in [0.2, 0.25) is 0 Å². The van der Waals surface area contributed by atoms with Crippen molar-refractivity contribution in [2.24, 2.45) is 0 Å². The molecule has 0 spiro atoms. The fraction of sp³-hybridized carbons (Fsp3) is 0.280. The van der Waals surface area contributed by atoms with E-state index in [0.717, 1.165) is 5.57 Å². The van der Waals surface area contributed by atoms with Crippen molar-refractivity contribution in [3.05, 3.63) is 96.6 Å². The maximum absolute atomic E-state index is 13.4. The zero-order valence-electron chi connectivity index (χ0n) is 17.9. The largest absolute Gasteiger partial charge is 0.573 e. The van der Waals surface area contributed by atoms with Crippen molar-refractivity contribution in [2.75, 3.05) is 0 Å². The smallest absolute Gasteiger partial charge is 0.433 e. The Bertz CT molecular complexity index is 911. The topological polar surface area (TPSA) is 18.5 Å². The van der Waals surface area contributed by atoms with Gasteiger partial charge >= 0.3 is 12.5 Å².